The number of halogens is 1. The summed E-state index contributed by atoms with van der Waals surface area (Å²) in [6, 6.07) is 7.98. The lowest BCUT2D eigenvalue weighted by Crippen LogP contribution is -2.25. The van der Waals surface area contributed by atoms with Crippen LogP contribution >= 0.6 is 15.9 Å². The van der Waals surface area contributed by atoms with Gasteiger partial charge in [0, 0.05) is 17.4 Å². The number of amides is 1. The van der Waals surface area contributed by atoms with Crippen molar-refractivity contribution in [3.8, 4) is 0 Å². The van der Waals surface area contributed by atoms with Gasteiger partial charge in [-0.3, -0.25) is 9.59 Å². The number of hydrogen-bond acceptors (Lipinski definition) is 2. The number of carbonyl (C=O) groups is 2. The molecular weight excluding hydrogens is 298 g/mol. The van der Waals surface area contributed by atoms with E-state index in [1.54, 1.807) is 0 Å². The lowest BCUT2D eigenvalue weighted by Gasteiger charge is -2.04. The van der Waals surface area contributed by atoms with Crippen molar-refractivity contribution in [1.29, 1.82) is 0 Å². The summed E-state index contributed by atoms with van der Waals surface area (Å²) in [5.41, 5.74) is 1.18. The number of carboxylic acid groups (broad SMARTS) is 1. The van der Waals surface area contributed by atoms with Gasteiger partial charge in [-0.15, -0.1) is 0 Å². The van der Waals surface area contributed by atoms with Gasteiger partial charge in [0.2, 0.25) is 5.91 Å². The van der Waals surface area contributed by atoms with Crippen molar-refractivity contribution in [2.45, 2.75) is 25.7 Å². The maximum atomic E-state index is 11.4. The number of nitrogens with one attached hydrogen (secondary N) is 1. The highest BCUT2D eigenvalue weighted by molar-refractivity contribution is 9.10. The summed E-state index contributed by atoms with van der Waals surface area (Å²) in [7, 11) is 0. The number of aliphatic carboxylic acids is 1. The molecule has 18 heavy (non-hydrogen) atoms. The van der Waals surface area contributed by atoms with E-state index < -0.39 is 5.97 Å². The van der Waals surface area contributed by atoms with Crippen molar-refractivity contribution in [3.63, 3.8) is 0 Å². The zero-order chi connectivity index (χ0) is 13.4. The molecule has 5 heteroatoms. The molecule has 1 aromatic carbocycles. The molecule has 4 nitrogen and oxygen atoms in total. The van der Waals surface area contributed by atoms with Crippen molar-refractivity contribution in [1.82, 2.24) is 5.32 Å². The van der Waals surface area contributed by atoms with Crippen molar-refractivity contribution in [3.05, 3.63) is 34.3 Å². The summed E-state index contributed by atoms with van der Waals surface area (Å²) in [5.74, 6) is -0.990. The lowest BCUT2D eigenvalue weighted by atomic mass is 10.1. The van der Waals surface area contributed by atoms with E-state index >= 15 is 0 Å². The predicted molar refractivity (Wildman–Crippen MR) is 72.3 cm³/mol. The summed E-state index contributed by atoms with van der Waals surface area (Å²) in [5, 5.41) is 11.0. The Morgan fingerprint density at radius 1 is 1.28 bits per heavy atom. The first-order valence-electron chi connectivity index (χ1n) is 5.81. The molecule has 0 spiro atoms. The molecule has 0 bridgehead atoms. The quantitative estimate of drug-likeness (QED) is 0.812. The first-order chi connectivity index (χ1) is 8.58. The van der Waals surface area contributed by atoms with Gasteiger partial charge in [-0.1, -0.05) is 28.1 Å². The first-order valence-corrected chi connectivity index (χ1v) is 6.60. The number of carboxylic acids is 1. The molecule has 0 saturated carbocycles. The molecule has 98 valence electrons. The van der Waals surface area contributed by atoms with Crippen molar-refractivity contribution < 1.29 is 14.7 Å². The van der Waals surface area contributed by atoms with Gasteiger partial charge in [0.25, 0.3) is 0 Å². The summed E-state index contributed by atoms with van der Waals surface area (Å²) in [6.45, 7) is 0.199. The molecule has 1 aromatic rings. The Bertz CT molecular complexity index is 420. The van der Waals surface area contributed by atoms with Crippen LogP contribution in [0.1, 0.15) is 24.8 Å². The molecule has 0 saturated heterocycles. The fourth-order valence-corrected chi connectivity index (χ4v) is 1.99. The van der Waals surface area contributed by atoms with Crippen LogP contribution in [0.5, 0.6) is 0 Å². The average molecular weight is 314 g/mol. The number of hydrogen-bond donors (Lipinski definition) is 2. The van der Waals surface area contributed by atoms with Crippen molar-refractivity contribution >= 4 is 27.8 Å². The topological polar surface area (TPSA) is 66.4 Å². The smallest absolute Gasteiger partial charge is 0.305 e. The minimum atomic E-state index is -0.899. The molecule has 0 aliphatic rings. The monoisotopic (exact) mass is 313 g/mol. The Balaban J connectivity index is 2.17. The van der Waals surface area contributed by atoms with E-state index in [9.17, 15) is 9.59 Å². The molecule has 0 atom stereocenters. The van der Waals surface area contributed by atoms with E-state index in [1.165, 1.54) is 5.56 Å². The van der Waals surface area contributed by atoms with Gasteiger partial charge < -0.3 is 10.4 Å². The zero-order valence-corrected chi connectivity index (χ0v) is 11.6. The fraction of sp³-hybridized carbons (Fsp3) is 0.385. The Morgan fingerprint density at radius 3 is 2.72 bits per heavy atom. The minimum Gasteiger partial charge on any atom is -0.481 e. The molecule has 2 N–H and O–H groups in total. The molecular formula is C13H16BrNO3. The van der Waals surface area contributed by atoms with Crippen LogP contribution in [0.3, 0.4) is 0 Å². The molecule has 0 fully saturated rings. The van der Waals surface area contributed by atoms with Gasteiger partial charge in [-0.25, -0.2) is 0 Å². The van der Waals surface area contributed by atoms with E-state index in [0.29, 0.717) is 6.42 Å². The third kappa shape index (κ3) is 6.39. The molecule has 0 aliphatic heterocycles. The van der Waals surface area contributed by atoms with Crippen LogP contribution in [0.25, 0.3) is 0 Å². The Hall–Kier alpha value is -1.36. The van der Waals surface area contributed by atoms with Gasteiger partial charge in [-0.05, 0) is 30.5 Å². The molecule has 0 unspecified atom stereocenters. The summed E-state index contributed by atoms with van der Waals surface area (Å²) in [6.07, 6.45) is 1.99. The number of rotatable bonds is 7. The van der Waals surface area contributed by atoms with E-state index in [0.717, 1.165) is 17.3 Å². The Morgan fingerprint density at radius 2 is 2.06 bits per heavy atom. The summed E-state index contributed by atoms with van der Waals surface area (Å²) < 4.78 is 1.03. The van der Waals surface area contributed by atoms with Crippen LogP contribution in [0.2, 0.25) is 0 Å². The molecule has 1 rings (SSSR count). The van der Waals surface area contributed by atoms with Crippen LogP contribution < -0.4 is 5.32 Å². The van der Waals surface area contributed by atoms with Crippen LogP contribution in [-0.2, 0) is 16.0 Å². The number of benzene rings is 1. The van der Waals surface area contributed by atoms with E-state index in [4.69, 9.17) is 5.11 Å². The zero-order valence-electron chi connectivity index (χ0n) is 9.99. The number of aryl methyl sites for hydroxylation is 1. The van der Waals surface area contributed by atoms with Gasteiger partial charge >= 0.3 is 5.97 Å². The molecule has 0 radical (unpaired) electrons. The fourth-order valence-electron chi connectivity index (χ4n) is 1.54. The normalized spacial score (nSPS) is 10.1. The minimum absolute atomic E-state index is 0.0304. The molecule has 0 heterocycles. The second-order valence-corrected chi connectivity index (χ2v) is 4.89. The van der Waals surface area contributed by atoms with Crippen LogP contribution in [0.15, 0.2) is 28.7 Å². The van der Waals surface area contributed by atoms with Crippen molar-refractivity contribution in [2.24, 2.45) is 0 Å². The van der Waals surface area contributed by atoms with Gasteiger partial charge in [0.1, 0.15) is 0 Å². The summed E-state index contributed by atoms with van der Waals surface area (Å²) in [4.78, 5) is 21.6. The van der Waals surface area contributed by atoms with Crippen molar-refractivity contribution in [2.75, 3.05) is 6.54 Å². The van der Waals surface area contributed by atoms with E-state index in [2.05, 4.69) is 21.2 Å². The highest BCUT2D eigenvalue weighted by atomic mass is 79.9. The van der Waals surface area contributed by atoms with E-state index in [1.807, 2.05) is 24.3 Å². The SMILES string of the molecule is O=C(O)CCNC(=O)CCCc1cccc(Br)c1. The third-order valence-electron chi connectivity index (χ3n) is 2.42. The maximum Gasteiger partial charge on any atom is 0.305 e. The Labute approximate surface area is 115 Å². The largest absolute Gasteiger partial charge is 0.481 e. The highest BCUT2D eigenvalue weighted by Gasteiger charge is 2.03. The van der Waals surface area contributed by atoms with Crippen LogP contribution in [0.4, 0.5) is 0 Å². The van der Waals surface area contributed by atoms with Crippen LogP contribution in [0, 0.1) is 0 Å². The summed E-state index contributed by atoms with van der Waals surface area (Å²) >= 11 is 3.40. The van der Waals surface area contributed by atoms with Gasteiger partial charge in [0.15, 0.2) is 0 Å². The third-order valence-corrected chi connectivity index (χ3v) is 2.91. The standard InChI is InChI=1S/C13H16BrNO3/c14-11-5-1-3-10(9-11)4-2-6-12(16)15-8-7-13(17)18/h1,3,5,9H,2,4,6-8H2,(H,15,16)(H,17,18). The molecule has 0 aromatic heterocycles. The van der Waals surface area contributed by atoms with Gasteiger partial charge in [0.05, 0.1) is 6.42 Å². The maximum absolute atomic E-state index is 11.4. The van der Waals surface area contributed by atoms with Gasteiger partial charge in [-0.2, -0.15) is 0 Å². The molecule has 1 amide bonds. The average Bonchev–Trinajstić information content (AvgIpc) is 2.28. The highest BCUT2D eigenvalue weighted by Crippen LogP contribution is 2.13. The Kier molecular flexibility index (Phi) is 6.43. The van der Waals surface area contributed by atoms with Crippen LogP contribution in [-0.4, -0.2) is 23.5 Å². The number of carbonyl (C=O) groups excluding carboxylic acids is 1. The van der Waals surface area contributed by atoms with E-state index in [-0.39, 0.29) is 18.9 Å². The molecule has 0 aliphatic carbocycles. The lowest BCUT2D eigenvalue weighted by molar-refractivity contribution is -0.136. The first kappa shape index (κ1) is 14.7. The predicted octanol–water partition coefficient (Wildman–Crippen LogP) is 2.36. The second kappa shape index (κ2) is 7.87. The second-order valence-electron chi connectivity index (χ2n) is 3.98.